The Morgan fingerprint density at radius 1 is 0.500 bits per heavy atom. The highest BCUT2D eigenvalue weighted by atomic mass is 16.5. The Kier molecular flexibility index (Phi) is 5.77. The molecule has 4 aromatic carbocycles. The van der Waals surface area contributed by atoms with Gasteiger partial charge in [0.15, 0.2) is 0 Å². The van der Waals surface area contributed by atoms with Gasteiger partial charge in [0, 0.05) is 22.1 Å². The van der Waals surface area contributed by atoms with Crippen LogP contribution in [-0.2, 0) is 0 Å². The maximum atomic E-state index is 5.41. The zero-order valence-corrected chi connectivity index (χ0v) is 19.9. The van der Waals surface area contributed by atoms with E-state index in [1.165, 1.54) is 16.5 Å². The molecule has 0 amide bonds. The fourth-order valence-corrected chi connectivity index (χ4v) is 4.37. The minimum Gasteiger partial charge on any atom is -0.497 e. The van der Waals surface area contributed by atoms with Crippen LogP contribution in [0.5, 0.6) is 11.5 Å². The summed E-state index contributed by atoms with van der Waals surface area (Å²) in [5, 5.41) is 2.32. The lowest BCUT2D eigenvalue weighted by atomic mass is 9.90. The van der Waals surface area contributed by atoms with Gasteiger partial charge in [-0.2, -0.15) is 0 Å². The number of benzene rings is 4. The van der Waals surface area contributed by atoms with Crippen molar-refractivity contribution in [2.45, 2.75) is 13.8 Å². The standard InChI is InChI=1S/C31H27NO2/c1-20-5-8-23(9-6-20)30-27-18-7-21(2)19-28(27)29(22-10-14-25(33-3)15-11-22)31(32-30)24-12-16-26(34-4)17-13-24/h5-19H,1-4H3. The molecule has 168 valence electrons. The smallest absolute Gasteiger partial charge is 0.118 e. The lowest BCUT2D eigenvalue weighted by Gasteiger charge is -2.18. The molecule has 0 unspecified atom stereocenters. The van der Waals surface area contributed by atoms with Crippen molar-refractivity contribution >= 4 is 10.8 Å². The van der Waals surface area contributed by atoms with Crippen molar-refractivity contribution in [2.75, 3.05) is 14.2 Å². The quantitative estimate of drug-likeness (QED) is 0.276. The number of aromatic nitrogens is 1. The fraction of sp³-hybridized carbons (Fsp3) is 0.129. The Morgan fingerprint density at radius 3 is 1.59 bits per heavy atom. The molecule has 5 aromatic rings. The van der Waals surface area contributed by atoms with Gasteiger partial charge in [0.05, 0.1) is 25.6 Å². The van der Waals surface area contributed by atoms with Crippen molar-refractivity contribution in [2.24, 2.45) is 0 Å². The molecule has 0 aliphatic heterocycles. The van der Waals surface area contributed by atoms with Gasteiger partial charge < -0.3 is 9.47 Å². The third-order valence-electron chi connectivity index (χ3n) is 6.23. The zero-order valence-electron chi connectivity index (χ0n) is 19.9. The second-order valence-corrected chi connectivity index (χ2v) is 8.56. The third kappa shape index (κ3) is 4.01. The molecule has 0 spiro atoms. The molecule has 0 N–H and O–H groups in total. The van der Waals surface area contributed by atoms with E-state index in [1.807, 2.05) is 24.3 Å². The molecule has 0 fully saturated rings. The van der Waals surface area contributed by atoms with Gasteiger partial charge in [0.25, 0.3) is 0 Å². The SMILES string of the molecule is COc1ccc(-c2nc(-c3ccc(C)cc3)c3ccc(C)cc3c2-c2ccc(OC)cc2)cc1. The molecule has 0 aliphatic carbocycles. The molecule has 0 saturated carbocycles. The molecule has 0 atom stereocenters. The van der Waals surface area contributed by atoms with Crippen LogP contribution in [0, 0.1) is 13.8 Å². The van der Waals surface area contributed by atoms with Gasteiger partial charge in [-0.25, -0.2) is 4.98 Å². The van der Waals surface area contributed by atoms with E-state index in [0.29, 0.717) is 0 Å². The number of rotatable bonds is 5. The largest absolute Gasteiger partial charge is 0.497 e. The zero-order chi connectivity index (χ0) is 23.7. The van der Waals surface area contributed by atoms with E-state index in [0.717, 1.165) is 50.5 Å². The molecule has 0 bridgehead atoms. The van der Waals surface area contributed by atoms with Crippen molar-refractivity contribution in [3.8, 4) is 45.1 Å². The summed E-state index contributed by atoms with van der Waals surface area (Å²) >= 11 is 0. The average molecular weight is 446 g/mol. The molecule has 0 aliphatic rings. The highest BCUT2D eigenvalue weighted by Crippen LogP contribution is 2.41. The summed E-state index contributed by atoms with van der Waals surface area (Å²) < 4.78 is 10.8. The van der Waals surface area contributed by atoms with E-state index in [4.69, 9.17) is 14.5 Å². The first kappa shape index (κ1) is 21.7. The molecule has 1 aromatic heterocycles. The minimum atomic E-state index is 0.824. The van der Waals surface area contributed by atoms with Crippen molar-refractivity contribution in [1.29, 1.82) is 0 Å². The summed E-state index contributed by atoms with van der Waals surface area (Å²) in [6.45, 7) is 4.24. The summed E-state index contributed by atoms with van der Waals surface area (Å²) in [6, 6.07) is 31.6. The molecule has 5 rings (SSSR count). The second-order valence-electron chi connectivity index (χ2n) is 8.56. The Morgan fingerprint density at radius 2 is 1.00 bits per heavy atom. The second kappa shape index (κ2) is 9.03. The van der Waals surface area contributed by atoms with Crippen molar-refractivity contribution in [3.63, 3.8) is 0 Å². The summed E-state index contributed by atoms with van der Waals surface area (Å²) in [5.41, 5.74) is 8.74. The number of ether oxygens (including phenoxy) is 2. The van der Waals surface area contributed by atoms with Crippen LogP contribution in [0.2, 0.25) is 0 Å². The van der Waals surface area contributed by atoms with E-state index in [2.05, 4.69) is 80.6 Å². The van der Waals surface area contributed by atoms with Crippen LogP contribution in [-0.4, -0.2) is 19.2 Å². The molecule has 3 nitrogen and oxygen atoms in total. The van der Waals surface area contributed by atoms with Crippen molar-refractivity contribution in [3.05, 3.63) is 102 Å². The molecule has 1 heterocycles. The monoisotopic (exact) mass is 445 g/mol. The Balaban J connectivity index is 1.87. The molecule has 0 saturated heterocycles. The van der Waals surface area contributed by atoms with Crippen molar-refractivity contribution in [1.82, 2.24) is 4.98 Å². The van der Waals surface area contributed by atoms with Crippen molar-refractivity contribution < 1.29 is 9.47 Å². The predicted octanol–water partition coefficient (Wildman–Crippen LogP) is 7.87. The maximum Gasteiger partial charge on any atom is 0.118 e. The Bertz CT molecular complexity index is 1450. The minimum absolute atomic E-state index is 0.824. The van der Waals surface area contributed by atoms with Crippen LogP contribution in [0.1, 0.15) is 11.1 Å². The Labute approximate surface area is 200 Å². The summed E-state index contributed by atoms with van der Waals surface area (Å²) in [5.74, 6) is 1.66. The summed E-state index contributed by atoms with van der Waals surface area (Å²) in [7, 11) is 3.37. The number of pyridine rings is 1. The highest BCUT2D eigenvalue weighted by Gasteiger charge is 2.18. The van der Waals surface area contributed by atoms with Crippen LogP contribution < -0.4 is 9.47 Å². The first-order chi connectivity index (χ1) is 16.6. The van der Waals surface area contributed by atoms with Crippen LogP contribution in [0.4, 0.5) is 0 Å². The first-order valence-electron chi connectivity index (χ1n) is 11.4. The lowest BCUT2D eigenvalue weighted by molar-refractivity contribution is 0.414. The third-order valence-corrected chi connectivity index (χ3v) is 6.23. The van der Waals surface area contributed by atoms with Gasteiger partial charge in [-0.3, -0.25) is 0 Å². The van der Waals surface area contributed by atoms with E-state index in [9.17, 15) is 0 Å². The van der Waals surface area contributed by atoms with Gasteiger partial charge in [0.2, 0.25) is 0 Å². The Hall–Kier alpha value is -4.11. The van der Waals surface area contributed by atoms with E-state index >= 15 is 0 Å². The summed E-state index contributed by atoms with van der Waals surface area (Å²) in [4.78, 5) is 5.30. The van der Waals surface area contributed by atoms with Crippen LogP contribution in [0.3, 0.4) is 0 Å². The molecule has 0 radical (unpaired) electrons. The van der Waals surface area contributed by atoms with E-state index < -0.39 is 0 Å². The highest BCUT2D eigenvalue weighted by molar-refractivity contribution is 6.08. The van der Waals surface area contributed by atoms with Crippen LogP contribution >= 0.6 is 0 Å². The first-order valence-corrected chi connectivity index (χ1v) is 11.4. The topological polar surface area (TPSA) is 31.4 Å². The number of nitrogens with zero attached hydrogens (tertiary/aromatic N) is 1. The fourth-order valence-electron chi connectivity index (χ4n) is 4.37. The number of methoxy groups -OCH3 is 2. The van der Waals surface area contributed by atoms with Gasteiger partial charge in [-0.1, -0.05) is 65.7 Å². The van der Waals surface area contributed by atoms with E-state index in [1.54, 1.807) is 14.2 Å². The number of fused-ring (bicyclic) bond motifs is 1. The van der Waals surface area contributed by atoms with Gasteiger partial charge in [-0.15, -0.1) is 0 Å². The number of hydrogen-bond donors (Lipinski definition) is 0. The lowest BCUT2D eigenvalue weighted by Crippen LogP contribution is -1.97. The summed E-state index contributed by atoms with van der Waals surface area (Å²) in [6.07, 6.45) is 0. The number of hydrogen-bond acceptors (Lipinski definition) is 3. The van der Waals surface area contributed by atoms with Crippen LogP contribution in [0.15, 0.2) is 91.0 Å². The average Bonchev–Trinajstić information content (AvgIpc) is 2.88. The molecular formula is C31H27NO2. The van der Waals surface area contributed by atoms with Gasteiger partial charge >= 0.3 is 0 Å². The van der Waals surface area contributed by atoms with E-state index in [-0.39, 0.29) is 0 Å². The predicted molar refractivity (Wildman–Crippen MR) is 141 cm³/mol. The molecular weight excluding hydrogens is 418 g/mol. The maximum absolute atomic E-state index is 5.41. The van der Waals surface area contributed by atoms with Gasteiger partial charge in [0.1, 0.15) is 11.5 Å². The molecule has 34 heavy (non-hydrogen) atoms. The molecule has 3 heteroatoms. The number of aryl methyl sites for hydroxylation is 2. The van der Waals surface area contributed by atoms with Gasteiger partial charge in [-0.05, 0) is 61.2 Å². The van der Waals surface area contributed by atoms with Crippen LogP contribution in [0.25, 0.3) is 44.4 Å². The normalized spacial score (nSPS) is 10.9.